The fourth-order valence-corrected chi connectivity index (χ4v) is 5.69. The Kier molecular flexibility index (Phi) is 6.55. The van der Waals surface area contributed by atoms with Crippen molar-refractivity contribution >= 4 is 63.0 Å². The molecule has 0 saturated heterocycles. The number of fused-ring (bicyclic) bond motifs is 1. The van der Waals surface area contributed by atoms with Crippen LogP contribution in [0.25, 0.3) is 0 Å². The van der Waals surface area contributed by atoms with E-state index in [1.807, 2.05) is 18.2 Å². The Hall–Kier alpha value is -2.09. The first-order chi connectivity index (χ1) is 14.8. The third kappa shape index (κ3) is 4.59. The first-order valence-electron chi connectivity index (χ1n) is 9.50. The van der Waals surface area contributed by atoms with E-state index in [0.29, 0.717) is 57.3 Å². The maximum Gasteiger partial charge on any atom is 0.257 e. The molecule has 3 aromatic rings. The maximum atomic E-state index is 12.7. The van der Waals surface area contributed by atoms with Crippen molar-refractivity contribution in [3.05, 3.63) is 84.7 Å². The first-order valence-corrected chi connectivity index (χ1v) is 11.5. The van der Waals surface area contributed by atoms with E-state index in [2.05, 4.69) is 10.2 Å². The van der Waals surface area contributed by atoms with E-state index in [9.17, 15) is 9.59 Å². The second kappa shape index (κ2) is 9.18. The molecule has 0 unspecified atom stereocenters. The fourth-order valence-electron chi connectivity index (χ4n) is 3.66. The Morgan fingerprint density at radius 2 is 1.71 bits per heavy atom. The summed E-state index contributed by atoms with van der Waals surface area (Å²) in [5.41, 5.74) is 8.12. The number of rotatable bonds is 5. The van der Waals surface area contributed by atoms with Crippen molar-refractivity contribution in [2.75, 3.05) is 11.9 Å². The number of halogens is 3. The normalized spacial score (nSPS) is 13.6. The number of nitrogens with two attached hydrogens (primary N) is 1. The molecule has 1 aliphatic rings. The maximum absolute atomic E-state index is 12.7. The molecule has 0 atom stereocenters. The van der Waals surface area contributed by atoms with Crippen molar-refractivity contribution < 1.29 is 9.59 Å². The highest BCUT2D eigenvalue weighted by Crippen LogP contribution is 2.38. The molecule has 5 nitrogen and oxygen atoms in total. The molecule has 31 heavy (non-hydrogen) atoms. The van der Waals surface area contributed by atoms with Crippen LogP contribution in [0.1, 0.15) is 36.7 Å². The summed E-state index contributed by atoms with van der Waals surface area (Å²) in [6.45, 7) is 1.90. The predicted molar refractivity (Wildman–Crippen MR) is 127 cm³/mol. The third-order valence-electron chi connectivity index (χ3n) is 5.17. The van der Waals surface area contributed by atoms with Gasteiger partial charge in [-0.3, -0.25) is 14.5 Å². The van der Waals surface area contributed by atoms with Crippen LogP contribution in [-0.4, -0.2) is 23.3 Å². The van der Waals surface area contributed by atoms with Crippen molar-refractivity contribution in [1.29, 1.82) is 0 Å². The highest BCUT2D eigenvalue weighted by Gasteiger charge is 2.28. The zero-order valence-electron chi connectivity index (χ0n) is 16.3. The summed E-state index contributed by atoms with van der Waals surface area (Å²) in [6, 6.07) is 12.2. The van der Waals surface area contributed by atoms with Crippen molar-refractivity contribution in [1.82, 2.24) is 4.90 Å². The molecule has 2 amide bonds. The zero-order valence-corrected chi connectivity index (χ0v) is 19.3. The molecule has 0 fully saturated rings. The number of nitrogens with zero attached hydrogens (tertiary/aromatic N) is 1. The van der Waals surface area contributed by atoms with Crippen molar-refractivity contribution in [3.8, 4) is 0 Å². The van der Waals surface area contributed by atoms with Gasteiger partial charge in [0.15, 0.2) is 0 Å². The van der Waals surface area contributed by atoms with Crippen LogP contribution in [0.3, 0.4) is 0 Å². The van der Waals surface area contributed by atoms with E-state index in [4.69, 9.17) is 40.5 Å². The number of hydrogen-bond donors (Lipinski definition) is 2. The Labute approximate surface area is 198 Å². The van der Waals surface area contributed by atoms with Crippen molar-refractivity contribution in [2.45, 2.75) is 19.5 Å². The molecule has 2 heterocycles. The summed E-state index contributed by atoms with van der Waals surface area (Å²) in [7, 11) is 0. The highest BCUT2D eigenvalue weighted by atomic mass is 35.5. The fraction of sp³-hybridized carbons (Fsp3) is 0.182. The molecular weight excluding hydrogens is 477 g/mol. The molecule has 160 valence electrons. The lowest BCUT2D eigenvalue weighted by Gasteiger charge is -2.27. The van der Waals surface area contributed by atoms with Gasteiger partial charge in [0.25, 0.3) is 11.8 Å². The number of anilines is 1. The minimum Gasteiger partial charge on any atom is -0.365 e. The van der Waals surface area contributed by atoms with Crippen molar-refractivity contribution in [2.24, 2.45) is 5.73 Å². The van der Waals surface area contributed by atoms with Gasteiger partial charge in [-0.05, 0) is 36.2 Å². The summed E-state index contributed by atoms with van der Waals surface area (Å²) in [6.07, 6.45) is 0.633. The molecular formula is C22H18Cl3N3O2S. The minimum atomic E-state index is -0.561. The number of carbonyl (C=O) groups excluding carboxylic acids is 2. The molecule has 0 aliphatic carbocycles. The van der Waals surface area contributed by atoms with Gasteiger partial charge in [0, 0.05) is 40.1 Å². The smallest absolute Gasteiger partial charge is 0.257 e. The number of hydrogen-bond acceptors (Lipinski definition) is 4. The number of thiophene rings is 1. The Morgan fingerprint density at radius 1 is 1.03 bits per heavy atom. The molecule has 2 aromatic carbocycles. The Bertz CT molecular complexity index is 1160. The van der Waals surface area contributed by atoms with Gasteiger partial charge in [-0.15, -0.1) is 11.3 Å². The van der Waals surface area contributed by atoms with Crippen molar-refractivity contribution in [3.63, 3.8) is 0 Å². The average Bonchev–Trinajstić information content (AvgIpc) is 3.08. The van der Waals surface area contributed by atoms with Crippen LogP contribution in [0.4, 0.5) is 5.00 Å². The van der Waals surface area contributed by atoms with Crippen LogP contribution < -0.4 is 11.1 Å². The van der Waals surface area contributed by atoms with E-state index in [-0.39, 0.29) is 5.91 Å². The topological polar surface area (TPSA) is 75.4 Å². The van der Waals surface area contributed by atoms with Crippen LogP contribution in [0.5, 0.6) is 0 Å². The standard InChI is InChI=1S/C22H18Cl3N3O2S/c23-15-5-2-1-4-12(15)21(30)27-22-19(20(26)29)13-8-9-28(11-18(13)31-22)10-14-16(24)6-3-7-17(14)25/h1-7H,8-11H2,(H2,26,29)(H,27,30). The largest absolute Gasteiger partial charge is 0.365 e. The second-order valence-corrected chi connectivity index (χ2v) is 9.49. The predicted octanol–water partition coefficient (Wildman–Crippen LogP) is 5.62. The third-order valence-corrected chi connectivity index (χ3v) is 7.34. The molecule has 9 heteroatoms. The van der Waals surface area contributed by atoms with Crippen LogP contribution in [-0.2, 0) is 19.5 Å². The zero-order chi connectivity index (χ0) is 22.1. The average molecular weight is 495 g/mol. The molecule has 0 spiro atoms. The van der Waals surface area contributed by atoms with Gasteiger partial charge in [-0.1, -0.05) is 53.0 Å². The van der Waals surface area contributed by atoms with Gasteiger partial charge in [-0.25, -0.2) is 0 Å². The van der Waals surface area contributed by atoms with Gasteiger partial charge in [0.2, 0.25) is 0 Å². The van der Waals surface area contributed by atoms with Gasteiger partial charge in [0.05, 0.1) is 16.1 Å². The number of benzene rings is 2. The molecule has 0 radical (unpaired) electrons. The minimum absolute atomic E-state index is 0.334. The van der Waals surface area contributed by atoms with E-state index in [0.717, 1.165) is 16.0 Å². The lowest BCUT2D eigenvalue weighted by Crippen LogP contribution is -2.30. The summed E-state index contributed by atoms with van der Waals surface area (Å²) >= 11 is 20.1. The van der Waals surface area contributed by atoms with E-state index in [1.165, 1.54) is 11.3 Å². The second-order valence-electron chi connectivity index (χ2n) is 7.17. The number of nitrogens with one attached hydrogen (secondary N) is 1. The SMILES string of the molecule is NC(=O)c1c(NC(=O)c2ccccc2Cl)sc2c1CCN(Cc1c(Cl)cccc1Cl)C2. The molecule has 4 rings (SSSR count). The monoisotopic (exact) mass is 493 g/mol. The Balaban J connectivity index is 1.59. The lowest BCUT2D eigenvalue weighted by atomic mass is 10.0. The van der Waals surface area contributed by atoms with Crippen LogP contribution in [0, 0.1) is 0 Å². The summed E-state index contributed by atoms with van der Waals surface area (Å²) in [5, 5.41) is 4.85. The van der Waals surface area contributed by atoms with Gasteiger partial charge >= 0.3 is 0 Å². The van der Waals surface area contributed by atoms with Crippen LogP contribution in [0.2, 0.25) is 15.1 Å². The van der Waals surface area contributed by atoms with Crippen LogP contribution in [0.15, 0.2) is 42.5 Å². The quantitative estimate of drug-likeness (QED) is 0.483. The lowest BCUT2D eigenvalue weighted by molar-refractivity contribution is 0.0999. The highest BCUT2D eigenvalue weighted by molar-refractivity contribution is 7.17. The molecule has 3 N–H and O–H groups in total. The number of carbonyl (C=O) groups is 2. The van der Waals surface area contributed by atoms with Gasteiger partial charge in [-0.2, -0.15) is 0 Å². The van der Waals surface area contributed by atoms with Gasteiger partial charge in [0.1, 0.15) is 5.00 Å². The number of primary amides is 1. The van der Waals surface area contributed by atoms with Gasteiger partial charge < -0.3 is 11.1 Å². The summed E-state index contributed by atoms with van der Waals surface area (Å²) in [5.74, 6) is -0.944. The molecule has 1 aliphatic heterocycles. The van der Waals surface area contributed by atoms with E-state index < -0.39 is 5.91 Å². The Morgan fingerprint density at radius 3 is 2.39 bits per heavy atom. The molecule has 1 aromatic heterocycles. The first kappa shape index (κ1) is 22.1. The number of amides is 2. The molecule has 0 saturated carbocycles. The summed E-state index contributed by atoms with van der Waals surface area (Å²) < 4.78 is 0. The molecule has 0 bridgehead atoms. The van der Waals surface area contributed by atoms with E-state index >= 15 is 0 Å². The summed E-state index contributed by atoms with van der Waals surface area (Å²) in [4.78, 5) is 28.1. The van der Waals surface area contributed by atoms with Crippen LogP contribution >= 0.6 is 46.1 Å². The van der Waals surface area contributed by atoms with E-state index in [1.54, 1.807) is 24.3 Å².